The minimum atomic E-state index is -0.117. The molecule has 37 heavy (non-hydrogen) atoms. The Labute approximate surface area is 213 Å². The van der Waals surface area contributed by atoms with Crippen molar-refractivity contribution >= 4 is 0 Å². The Morgan fingerprint density at radius 2 is 1.92 bits per heavy atom. The van der Waals surface area contributed by atoms with Gasteiger partial charge in [0.15, 0.2) is 11.6 Å². The number of nitriles is 1. The summed E-state index contributed by atoms with van der Waals surface area (Å²) in [6.45, 7) is 1.87. The first-order chi connectivity index (χ1) is 18.0. The van der Waals surface area contributed by atoms with Crippen LogP contribution >= 0.6 is 0 Å². The van der Waals surface area contributed by atoms with Gasteiger partial charge in [-0.25, -0.2) is 14.6 Å². The fourth-order valence-electron chi connectivity index (χ4n) is 4.50. The monoisotopic (exact) mass is 488 g/mol. The second-order valence-electron chi connectivity index (χ2n) is 9.35. The summed E-state index contributed by atoms with van der Waals surface area (Å²) in [5, 5.41) is 32.0. The van der Waals surface area contributed by atoms with Crippen LogP contribution in [0.15, 0.2) is 61.2 Å². The first-order valence-corrected chi connectivity index (χ1v) is 12.1. The van der Waals surface area contributed by atoms with Gasteiger partial charge in [0.2, 0.25) is 0 Å². The van der Waals surface area contributed by atoms with Crippen molar-refractivity contribution in [3.8, 4) is 45.7 Å². The van der Waals surface area contributed by atoms with Gasteiger partial charge in [0.05, 0.1) is 35.8 Å². The molecule has 0 atom stereocenters. The zero-order valence-corrected chi connectivity index (χ0v) is 20.5. The van der Waals surface area contributed by atoms with Crippen molar-refractivity contribution in [1.29, 1.82) is 5.26 Å². The topological polar surface area (TPSA) is 118 Å². The SMILES string of the molecule is Cc1ccc(CO)nc1-c1cnn(-c2cc(-c3ccc(C#N)cc3-c3nncn3C)cc(C3CC3)n2)c1. The minimum absolute atomic E-state index is 0.117. The van der Waals surface area contributed by atoms with Gasteiger partial charge in [0.25, 0.3) is 0 Å². The van der Waals surface area contributed by atoms with Crippen LogP contribution in [0.4, 0.5) is 0 Å². The second-order valence-corrected chi connectivity index (χ2v) is 9.35. The summed E-state index contributed by atoms with van der Waals surface area (Å²) in [5.74, 6) is 1.82. The zero-order valence-electron chi connectivity index (χ0n) is 20.5. The van der Waals surface area contributed by atoms with Gasteiger partial charge >= 0.3 is 0 Å². The van der Waals surface area contributed by atoms with E-state index >= 15 is 0 Å². The molecule has 0 radical (unpaired) electrons. The van der Waals surface area contributed by atoms with Gasteiger partial charge in [-0.2, -0.15) is 10.4 Å². The molecule has 0 unspecified atom stereocenters. The van der Waals surface area contributed by atoms with Crippen LogP contribution in [0.25, 0.3) is 39.6 Å². The number of nitrogens with zero attached hydrogens (tertiary/aromatic N) is 8. The van der Waals surface area contributed by atoms with Crippen LogP contribution in [0.1, 0.15) is 41.3 Å². The third-order valence-corrected chi connectivity index (χ3v) is 6.65. The standard InChI is InChI=1S/C28H24N8O/c1-17-3-7-22(15-37)32-27(17)21-13-31-36(14-21)26-11-20(10-25(33-26)19-5-6-19)23-8-4-18(12-29)9-24(23)28-34-30-16-35(28)2/h3-4,7-11,13-14,16,19,37H,5-6,15H2,1-2H3. The molecule has 9 nitrogen and oxygen atoms in total. The Morgan fingerprint density at radius 1 is 1.05 bits per heavy atom. The molecule has 182 valence electrons. The zero-order chi connectivity index (χ0) is 25.5. The molecule has 1 aliphatic carbocycles. The number of aromatic nitrogens is 7. The average Bonchev–Trinajstić information content (AvgIpc) is 3.51. The maximum absolute atomic E-state index is 9.53. The number of aliphatic hydroxyl groups excluding tert-OH is 1. The summed E-state index contributed by atoms with van der Waals surface area (Å²) in [6.07, 6.45) is 7.57. The number of aliphatic hydroxyl groups is 1. The molecule has 1 N–H and O–H groups in total. The van der Waals surface area contributed by atoms with Crippen LogP contribution in [-0.2, 0) is 13.7 Å². The van der Waals surface area contributed by atoms with E-state index in [9.17, 15) is 10.4 Å². The van der Waals surface area contributed by atoms with E-state index in [1.54, 1.807) is 17.2 Å². The van der Waals surface area contributed by atoms with Crippen molar-refractivity contribution in [2.45, 2.75) is 32.3 Å². The van der Waals surface area contributed by atoms with Crippen LogP contribution in [0.2, 0.25) is 0 Å². The normalized spacial score (nSPS) is 13.0. The predicted molar refractivity (Wildman–Crippen MR) is 137 cm³/mol. The third kappa shape index (κ3) is 4.28. The number of hydrogen-bond acceptors (Lipinski definition) is 7. The molecule has 6 rings (SSSR count). The molecule has 5 aromatic rings. The predicted octanol–water partition coefficient (Wildman–Crippen LogP) is 4.34. The van der Waals surface area contributed by atoms with Gasteiger partial charge in [-0.1, -0.05) is 12.1 Å². The van der Waals surface area contributed by atoms with Gasteiger partial charge in [0.1, 0.15) is 6.33 Å². The van der Waals surface area contributed by atoms with Crippen molar-refractivity contribution in [3.63, 3.8) is 0 Å². The average molecular weight is 489 g/mol. The van der Waals surface area contributed by atoms with E-state index in [2.05, 4.69) is 32.4 Å². The van der Waals surface area contributed by atoms with Crippen LogP contribution in [0.3, 0.4) is 0 Å². The highest BCUT2D eigenvalue weighted by atomic mass is 16.3. The van der Waals surface area contributed by atoms with Crippen molar-refractivity contribution in [1.82, 2.24) is 34.5 Å². The summed E-state index contributed by atoms with van der Waals surface area (Å²) >= 11 is 0. The van der Waals surface area contributed by atoms with Crippen LogP contribution in [0.5, 0.6) is 0 Å². The first-order valence-electron chi connectivity index (χ1n) is 12.1. The minimum Gasteiger partial charge on any atom is -0.390 e. The Balaban J connectivity index is 1.48. The highest BCUT2D eigenvalue weighted by Crippen LogP contribution is 2.42. The fourth-order valence-corrected chi connectivity index (χ4v) is 4.50. The molecule has 0 aliphatic heterocycles. The highest BCUT2D eigenvalue weighted by molar-refractivity contribution is 5.82. The third-order valence-electron chi connectivity index (χ3n) is 6.65. The summed E-state index contributed by atoms with van der Waals surface area (Å²) < 4.78 is 3.61. The largest absolute Gasteiger partial charge is 0.390 e. The molecule has 0 spiro atoms. The van der Waals surface area contributed by atoms with Crippen LogP contribution in [-0.4, -0.2) is 39.6 Å². The van der Waals surface area contributed by atoms with Crippen molar-refractivity contribution < 1.29 is 5.11 Å². The molecule has 1 aliphatic rings. The maximum Gasteiger partial charge on any atom is 0.164 e. The van der Waals surface area contributed by atoms with Crippen molar-refractivity contribution in [3.05, 3.63) is 83.7 Å². The molecular formula is C28H24N8O. The summed E-state index contributed by atoms with van der Waals surface area (Å²) in [5.41, 5.74) is 7.59. The van der Waals surface area contributed by atoms with E-state index in [1.807, 2.05) is 61.1 Å². The Bertz CT molecular complexity index is 1670. The molecule has 1 fully saturated rings. The number of aryl methyl sites for hydroxylation is 2. The quantitative estimate of drug-likeness (QED) is 0.378. The molecule has 0 saturated heterocycles. The number of rotatable bonds is 6. The molecule has 1 saturated carbocycles. The fraction of sp³-hybridized carbons (Fsp3) is 0.214. The van der Waals surface area contributed by atoms with Gasteiger partial charge in [0, 0.05) is 36.0 Å². The molecule has 0 bridgehead atoms. The number of hydrogen-bond donors (Lipinski definition) is 1. The lowest BCUT2D eigenvalue weighted by atomic mass is 9.96. The van der Waals surface area contributed by atoms with E-state index < -0.39 is 0 Å². The van der Waals surface area contributed by atoms with Crippen molar-refractivity contribution in [2.75, 3.05) is 0 Å². The second kappa shape index (κ2) is 9.08. The molecule has 9 heteroatoms. The molecule has 4 aromatic heterocycles. The van der Waals surface area contributed by atoms with E-state index in [0.29, 0.717) is 28.8 Å². The molecule has 0 amide bonds. The Hall–Kier alpha value is -4.68. The van der Waals surface area contributed by atoms with Gasteiger partial charge in [-0.05, 0) is 66.8 Å². The van der Waals surface area contributed by atoms with Crippen molar-refractivity contribution in [2.24, 2.45) is 7.05 Å². The lowest BCUT2D eigenvalue weighted by Gasteiger charge is -2.13. The van der Waals surface area contributed by atoms with Crippen LogP contribution in [0, 0.1) is 18.3 Å². The molecule has 1 aromatic carbocycles. The molecule has 4 heterocycles. The van der Waals surface area contributed by atoms with Gasteiger partial charge in [-0.3, -0.25) is 0 Å². The molecular weight excluding hydrogens is 464 g/mol. The van der Waals surface area contributed by atoms with E-state index in [0.717, 1.165) is 52.0 Å². The van der Waals surface area contributed by atoms with E-state index in [-0.39, 0.29) is 6.61 Å². The van der Waals surface area contributed by atoms with Gasteiger partial charge in [-0.15, -0.1) is 10.2 Å². The van der Waals surface area contributed by atoms with E-state index in [1.165, 1.54) is 0 Å². The number of pyridine rings is 2. The first kappa shape index (κ1) is 22.8. The lowest BCUT2D eigenvalue weighted by Crippen LogP contribution is -2.02. The Morgan fingerprint density at radius 3 is 2.65 bits per heavy atom. The lowest BCUT2D eigenvalue weighted by molar-refractivity contribution is 0.277. The maximum atomic E-state index is 9.53. The summed E-state index contributed by atoms with van der Waals surface area (Å²) in [4.78, 5) is 9.54. The number of benzene rings is 1. The van der Waals surface area contributed by atoms with Gasteiger partial charge < -0.3 is 9.67 Å². The highest BCUT2D eigenvalue weighted by Gasteiger charge is 2.27. The van der Waals surface area contributed by atoms with Crippen LogP contribution < -0.4 is 0 Å². The summed E-state index contributed by atoms with van der Waals surface area (Å²) in [6, 6.07) is 15.8. The Kier molecular flexibility index (Phi) is 5.58. The van der Waals surface area contributed by atoms with E-state index in [4.69, 9.17) is 4.98 Å². The smallest absolute Gasteiger partial charge is 0.164 e. The summed E-state index contributed by atoms with van der Waals surface area (Å²) in [7, 11) is 1.89.